The third-order valence-corrected chi connectivity index (χ3v) is 4.32. The van der Waals surface area contributed by atoms with Gasteiger partial charge in [0.25, 0.3) is 0 Å². The third-order valence-electron chi connectivity index (χ3n) is 4.32. The van der Waals surface area contributed by atoms with E-state index >= 15 is 0 Å². The molecular formula is C17H20FN3O. The SMILES string of the molecule is OC[C@]1(Cc2ccc(F)cc2)CCCN(c2ncccn2)C1. The highest BCUT2D eigenvalue weighted by Crippen LogP contribution is 2.34. The lowest BCUT2D eigenvalue weighted by Gasteiger charge is -2.42. The molecule has 2 aromatic rings. The van der Waals surface area contributed by atoms with Crippen molar-refractivity contribution in [3.63, 3.8) is 0 Å². The Morgan fingerprint density at radius 3 is 2.59 bits per heavy atom. The van der Waals surface area contributed by atoms with Gasteiger partial charge < -0.3 is 10.0 Å². The van der Waals surface area contributed by atoms with Crippen molar-refractivity contribution in [2.75, 3.05) is 24.6 Å². The molecular weight excluding hydrogens is 281 g/mol. The molecule has 1 atom stereocenters. The fraction of sp³-hybridized carbons (Fsp3) is 0.412. The fourth-order valence-corrected chi connectivity index (χ4v) is 3.20. The Morgan fingerprint density at radius 2 is 1.91 bits per heavy atom. The minimum atomic E-state index is -0.232. The van der Waals surface area contributed by atoms with Crippen LogP contribution in [0, 0.1) is 11.2 Å². The molecule has 5 heteroatoms. The highest BCUT2D eigenvalue weighted by molar-refractivity contribution is 5.31. The predicted octanol–water partition coefficient (Wildman–Crippen LogP) is 2.44. The molecule has 1 aromatic heterocycles. The summed E-state index contributed by atoms with van der Waals surface area (Å²) in [4.78, 5) is 10.7. The van der Waals surface area contributed by atoms with Crippen molar-refractivity contribution < 1.29 is 9.50 Å². The zero-order valence-corrected chi connectivity index (χ0v) is 12.5. The van der Waals surface area contributed by atoms with Crippen LogP contribution >= 0.6 is 0 Å². The topological polar surface area (TPSA) is 49.2 Å². The monoisotopic (exact) mass is 301 g/mol. The molecule has 1 aliphatic heterocycles. The van der Waals surface area contributed by atoms with Gasteiger partial charge in [0.15, 0.2) is 0 Å². The number of aliphatic hydroxyl groups is 1. The third kappa shape index (κ3) is 3.25. The largest absolute Gasteiger partial charge is 0.396 e. The minimum Gasteiger partial charge on any atom is -0.396 e. The van der Waals surface area contributed by atoms with Crippen LogP contribution in [0.1, 0.15) is 18.4 Å². The molecule has 0 radical (unpaired) electrons. The van der Waals surface area contributed by atoms with E-state index in [4.69, 9.17) is 0 Å². The molecule has 1 N–H and O–H groups in total. The Hall–Kier alpha value is -2.01. The van der Waals surface area contributed by atoms with Crippen LogP contribution in [0.3, 0.4) is 0 Å². The van der Waals surface area contributed by atoms with E-state index in [2.05, 4.69) is 14.9 Å². The van der Waals surface area contributed by atoms with E-state index in [9.17, 15) is 9.50 Å². The molecule has 1 saturated heterocycles. The second-order valence-electron chi connectivity index (χ2n) is 6.04. The quantitative estimate of drug-likeness (QED) is 0.942. The number of benzene rings is 1. The second-order valence-corrected chi connectivity index (χ2v) is 6.04. The number of halogens is 1. The van der Waals surface area contributed by atoms with Gasteiger partial charge in [-0.15, -0.1) is 0 Å². The van der Waals surface area contributed by atoms with E-state index in [-0.39, 0.29) is 17.8 Å². The molecule has 3 rings (SSSR count). The first-order valence-corrected chi connectivity index (χ1v) is 7.58. The number of anilines is 1. The molecule has 0 aliphatic carbocycles. The first-order valence-electron chi connectivity index (χ1n) is 7.58. The molecule has 4 nitrogen and oxygen atoms in total. The summed E-state index contributed by atoms with van der Waals surface area (Å²) in [6, 6.07) is 8.34. The van der Waals surface area contributed by atoms with Crippen molar-refractivity contribution in [1.29, 1.82) is 0 Å². The van der Waals surface area contributed by atoms with Gasteiger partial charge in [-0.3, -0.25) is 0 Å². The van der Waals surface area contributed by atoms with Crippen LogP contribution in [0.25, 0.3) is 0 Å². The van der Waals surface area contributed by atoms with Gasteiger partial charge in [0, 0.05) is 30.9 Å². The maximum atomic E-state index is 13.1. The summed E-state index contributed by atoms with van der Waals surface area (Å²) in [5.41, 5.74) is 0.821. The van der Waals surface area contributed by atoms with Crippen LogP contribution in [0.4, 0.5) is 10.3 Å². The number of hydrogen-bond acceptors (Lipinski definition) is 4. The molecule has 1 aliphatic rings. The van der Waals surface area contributed by atoms with Gasteiger partial charge in [0.1, 0.15) is 5.82 Å². The van der Waals surface area contributed by atoms with E-state index < -0.39 is 0 Å². The molecule has 0 amide bonds. The molecule has 116 valence electrons. The highest BCUT2D eigenvalue weighted by atomic mass is 19.1. The van der Waals surface area contributed by atoms with Crippen LogP contribution in [0.2, 0.25) is 0 Å². The zero-order chi connectivity index (χ0) is 15.4. The molecule has 0 unspecified atom stereocenters. The first kappa shape index (κ1) is 14.9. The van der Waals surface area contributed by atoms with E-state index in [0.29, 0.717) is 12.5 Å². The summed E-state index contributed by atoms with van der Waals surface area (Å²) in [6.07, 6.45) is 6.13. The van der Waals surface area contributed by atoms with Gasteiger partial charge in [-0.1, -0.05) is 12.1 Å². The average molecular weight is 301 g/mol. The fourth-order valence-electron chi connectivity index (χ4n) is 3.20. The van der Waals surface area contributed by atoms with E-state index in [1.165, 1.54) is 12.1 Å². The summed E-state index contributed by atoms with van der Waals surface area (Å²) >= 11 is 0. The van der Waals surface area contributed by atoms with Crippen molar-refractivity contribution in [3.05, 3.63) is 54.1 Å². The normalized spacial score (nSPS) is 21.8. The van der Waals surface area contributed by atoms with Gasteiger partial charge in [-0.2, -0.15) is 0 Å². The molecule has 0 bridgehead atoms. The number of aromatic nitrogens is 2. The zero-order valence-electron chi connectivity index (χ0n) is 12.5. The Bertz CT molecular complexity index is 605. The number of piperidine rings is 1. The molecule has 1 aromatic carbocycles. The Kier molecular flexibility index (Phi) is 4.34. The summed E-state index contributed by atoms with van der Waals surface area (Å²) in [7, 11) is 0. The molecule has 22 heavy (non-hydrogen) atoms. The maximum Gasteiger partial charge on any atom is 0.225 e. The molecule has 0 spiro atoms. The van der Waals surface area contributed by atoms with Crippen LogP contribution in [0.5, 0.6) is 0 Å². The van der Waals surface area contributed by atoms with Gasteiger partial charge in [-0.25, -0.2) is 14.4 Å². The van der Waals surface area contributed by atoms with Crippen LogP contribution in [0.15, 0.2) is 42.7 Å². The standard InChI is InChI=1S/C17H20FN3O/c18-15-5-3-14(4-6-15)11-17(13-22)7-1-10-21(12-17)16-19-8-2-9-20-16/h2-6,8-9,22H,1,7,10-13H2/t17-/m0/s1. The Morgan fingerprint density at radius 1 is 1.18 bits per heavy atom. The smallest absolute Gasteiger partial charge is 0.225 e. The minimum absolute atomic E-state index is 0.105. The van der Waals surface area contributed by atoms with E-state index in [1.54, 1.807) is 30.6 Å². The van der Waals surface area contributed by atoms with Gasteiger partial charge in [0.2, 0.25) is 5.95 Å². The summed E-state index contributed by atoms with van der Waals surface area (Å²) in [5.74, 6) is 0.476. The number of aliphatic hydroxyl groups excluding tert-OH is 1. The van der Waals surface area contributed by atoms with Crippen molar-refractivity contribution >= 4 is 5.95 Å². The van der Waals surface area contributed by atoms with Crippen molar-refractivity contribution in [3.8, 4) is 0 Å². The number of rotatable bonds is 4. The highest BCUT2D eigenvalue weighted by Gasteiger charge is 2.36. The van der Waals surface area contributed by atoms with Gasteiger partial charge in [-0.05, 0) is 43.0 Å². The molecule has 1 fully saturated rings. The lowest BCUT2D eigenvalue weighted by Crippen LogP contribution is -2.47. The summed E-state index contributed by atoms with van der Waals surface area (Å²) in [5, 5.41) is 9.98. The average Bonchev–Trinajstić information content (AvgIpc) is 2.58. The van der Waals surface area contributed by atoms with Crippen LogP contribution in [-0.4, -0.2) is 34.8 Å². The lowest BCUT2D eigenvalue weighted by molar-refractivity contribution is 0.105. The lowest BCUT2D eigenvalue weighted by atomic mass is 9.76. The molecule has 0 saturated carbocycles. The second kappa shape index (κ2) is 6.40. The summed E-state index contributed by atoms with van der Waals surface area (Å²) in [6.45, 7) is 1.72. The van der Waals surface area contributed by atoms with Crippen molar-refractivity contribution in [2.24, 2.45) is 5.41 Å². The maximum absolute atomic E-state index is 13.1. The van der Waals surface area contributed by atoms with E-state index in [1.807, 2.05) is 0 Å². The summed E-state index contributed by atoms with van der Waals surface area (Å²) < 4.78 is 13.1. The Balaban J connectivity index is 1.78. The predicted molar refractivity (Wildman–Crippen MR) is 83.1 cm³/mol. The van der Waals surface area contributed by atoms with Crippen LogP contribution < -0.4 is 4.90 Å². The molecule has 2 heterocycles. The van der Waals surface area contributed by atoms with Gasteiger partial charge in [0.05, 0.1) is 6.61 Å². The first-order chi connectivity index (χ1) is 10.7. The Labute approximate surface area is 129 Å². The number of hydrogen-bond donors (Lipinski definition) is 1. The number of nitrogens with zero attached hydrogens (tertiary/aromatic N) is 3. The van der Waals surface area contributed by atoms with Crippen molar-refractivity contribution in [1.82, 2.24) is 9.97 Å². The van der Waals surface area contributed by atoms with Crippen molar-refractivity contribution in [2.45, 2.75) is 19.3 Å². The van der Waals surface area contributed by atoms with Crippen LogP contribution in [-0.2, 0) is 6.42 Å². The van der Waals surface area contributed by atoms with E-state index in [0.717, 1.165) is 31.4 Å². The van der Waals surface area contributed by atoms with Gasteiger partial charge >= 0.3 is 0 Å².